The summed E-state index contributed by atoms with van der Waals surface area (Å²) in [5, 5.41) is 0. The maximum atomic E-state index is 10.6. The third-order valence-electron chi connectivity index (χ3n) is 1.45. The van der Waals surface area contributed by atoms with Crippen molar-refractivity contribution in [3.63, 3.8) is 0 Å². The summed E-state index contributed by atoms with van der Waals surface area (Å²) in [6.07, 6.45) is 6.50. The van der Waals surface area contributed by atoms with Gasteiger partial charge in [0, 0.05) is 0 Å². The van der Waals surface area contributed by atoms with Crippen molar-refractivity contribution in [2.24, 2.45) is 5.92 Å². The monoisotopic (exact) mass is 138 g/mol. The first kappa shape index (κ1) is 7.06. The molecule has 0 saturated carbocycles. The molecule has 0 spiro atoms. The Bertz CT molecular complexity index is 170. The van der Waals surface area contributed by atoms with Crippen molar-refractivity contribution < 1.29 is 9.53 Å². The Morgan fingerprint density at radius 2 is 2.70 bits per heavy atom. The molecule has 2 nitrogen and oxygen atoms in total. The lowest BCUT2D eigenvalue weighted by Crippen LogP contribution is -2.11. The Hall–Kier alpha value is -1.05. The van der Waals surface area contributed by atoms with Crippen molar-refractivity contribution in [1.82, 2.24) is 0 Å². The van der Waals surface area contributed by atoms with E-state index < -0.39 is 0 Å². The van der Waals surface area contributed by atoms with Crippen LogP contribution in [-0.4, -0.2) is 5.97 Å². The van der Waals surface area contributed by atoms with Crippen LogP contribution in [0.15, 0.2) is 25.0 Å². The molecule has 0 aromatic heterocycles. The minimum Gasteiger partial charge on any atom is -0.435 e. The summed E-state index contributed by atoms with van der Waals surface area (Å²) in [4.78, 5) is 10.6. The van der Waals surface area contributed by atoms with E-state index in [0.29, 0.717) is 12.3 Å². The number of allylic oxidation sites excluding steroid dienone is 2. The highest BCUT2D eigenvalue weighted by Crippen LogP contribution is 2.15. The lowest BCUT2D eigenvalue weighted by Gasteiger charge is -2.12. The lowest BCUT2D eigenvalue weighted by molar-refractivity contribution is -0.139. The highest BCUT2D eigenvalue weighted by Gasteiger charge is 2.13. The topological polar surface area (TPSA) is 26.3 Å². The van der Waals surface area contributed by atoms with Crippen LogP contribution in [0.5, 0.6) is 0 Å². The maximum Gasteiger partial charge on any atom is 0.311 e. The molecule has 10 heavy (non-hydrogen) atoms. The van der Waals surface area contributed by atoms with Crippen LogP contribution in [0.25, 0.3) is 0 Å². The average Bonchev–Trinajstić information content (AvgIpc) is 1.88. The van der Waals surface area contributed by atoms with E-state index in [2.05, 4.69) is 11.3 Å². The predicted octanol–water partition coefficient (Wildman–Crippen LogP) is 1.64. The molecule has 1 atom stereocenters. The Morgan fingerprint density at radius 3 is 3.30 bits per heavy atom. The van der Waals surface area contributed by atoms with Crippen molar-refractivity contribution in [2.45, 2.75) is 12.8 Å². The lowest BCUT2D eigenvalue weighted by atomic mass is 10.0. The molecule has 0 unspecified atom stereocenters. The van der Waals surface area contributed by atoms with Crippen LogP contribution in [-0.2, 0) is 9.53 Å². The van der Waals surface area contributed by atoms with E-state index in [1.807, 2.05) is 12.2 Å². The van der Waals surface area contributed by atoms with Crippen LogP contribution in [0.3, 0.4) is 0 Å². The highest BCUT2D eigenvalue weighted by atomic mass is 16.5. The second-order valence-electron chi connectivity index (χ2n) is 2.31. The minimum absolute atomic E-state index is 0.144. The van der Waals surface area contributed by atoms with Gasteiger partial charge in [-0.25, -0.2) is 0 Å². The zero-order valence-corrected chi connectivity index (χ0v) is 5.75. The molecule has 0 fully saturated rings. The van der Waals surface area contributed by atoms with E-state index in [1.54, 1.807) is 0 Å². The molecule has 1 rings (SSSR count). The molecule has 0 amide bonds. The van der Waals surface area contributed by atoms with Gasteiger partial charge >= 0.3 is 5.97 Å². The zero-order valence-electron chi connectivity index (χ0n) is 5.75. The van der Waals surface area contributed by atoms with Crippen molar-refractivity contribution in [1.29, 1.82) is 0 Å². The van der Waals surface area contributed by atoms with Crippen molar-refractivity contribution >= 4 is 5.97 Å². The molecule has 1 aliphatic heterocycles. The molecule has 1 heterocycles. The molecule has 0 aromatic rings. The van der Waals surface area contributed by atoms with Gasteiger partial charge in [-0.3, -0.25) is 4.79 Å². The van der Waals surface area contributed by atoms with Gasteiger partial charge in [-0.05, 0) is 18.4 Å². The molecule has 0 aliphatic carbocycles. The molecule has 2 heteroatoms. The Labute approximate surface area is 60.2 Å². The van der Waals surface area contributed by atoms with E-state index in [0.717, 1.165) is 6.42 Å². The number of carbonyl (C=O) groups is 1. The summed E-state index contributed by atoms with van der Waals surface area (Å²) in [6.45, 7) is 3.59. The number of rotatable bonds is 2. The standard InChI is InChI=1S/C8H10O2/c1-2-3-7-4-5-10-8(9)6-7/h2,4-5,7H,1,3,6H2/t7-/m0/s1. The maximum absolute atomic E-state index is 10.6. The number of ether oxygens (including phenoxy) is 1. The van der Waals surface area contributed by atoms with Gasteiger partial charge in [-0.1, -0.05) is 6.08 Å². The SMILES string of the molecule is C=CC[C@H]1C=COC(=O)C1. The third-order valence-corrected chi connectivity index (χ3v) is 1.45. The van der Waals surface area contributed by atoms with Crippen LogP contribution in [0.1, 0.15) is 12.8 Å². The van der Waals surface area contributed by atoms with Gasteiger partial charge < -0.3 is 4.74 Å². The van der Waals surface area contributed by atoms with E-state index >= 15 is 0 Å². The molecule has 0 bridgehead atoms. The normalized spacial score (nSPS) is 24.0. The van der Waals surface area contributed by atoms with Crippen molar-refractivity contribution in [3.05, 3.63) is 25.0 Å². The number of carbonyl (C=O) groups excluding carboxylic acids is 1. The zero-order chi connectivity index (χ0) is 7.40. The fourth-order valence-electron chi connectivity index (χ4n) is 0.932. The molecule has 0 aromatic carbocycles. The van der Waals surface area contributed by atoms with Gasteiger partial charge in [0.2, 0.25) is 0 Å². The number of cyclic esters (lactones) is 1. The first-order valence-corrected chi connectivity index (χ1v) is 3.30. The summed E-state index contributed by atoms with van der Waals surface area (Å²) in [5.74, 6) is 0.160. The number of hydrogen-bond donors (Lipinski definition) is 0. The van der Waals surface area contributed by atoms with Gasteiger partial charge in [0.15, 0.2) is 0 Å². The fraction of sp³-hybridized carbons (Fsp3) is 0.375. The Morgan fingerprint density at radius 1 is 1.90 bits per heavy atom. The fourth-order valence-corrected chi connectivity index (χ4v) is 0.932. The van der Waals surface area contributed by atoms with Gasteiger partial charge in [-0.2, -0.15) is 0 Å². The van der Waals surface area contributed by atoms with Gasteiger partial charge in [0.25, 0.3) is 0 Å². The van der Waals surface area contributed by atoms with Gasteiger partial charge in [-0.15, -0.1) is 6.58 Å². The van der Waals surface area contributed by atoms with Crippen LogP contribution in [0, 0.1) is 5.92 Å². The molecule has 54 valence electrons. The Kier molecular flexibility index (Phi) is 2.26. The van der Waals surface area contributed by atoms with E-state index in [-0.39, 0.29) is 5.97 Å². The quantitative estimate of drug-likeness (QED) is 0.428. The first-order chi connectivity index (χ1) is 4.83. The first-order valence-electron chi connectivity index (χ1n) is 3.30. The second-order valence-corrected chi connectivity index (χ2v) is 2.31. The predicted molar refractivity (Wildman–Crippen MR) is 38.2 cm³/mol. The minimum atomic E-state index is -0.144. The number of esters is 1. The molecule has 0 radical (unpaired) electrons. The Balaban J connectivity index is 2.46. The molecular formula is C8H10O2. The van der Waals surface area contributed by atoms with Crippen LogP contribution < -0.4 is 0 Å². The van der Waals surface area contributed by atoms with E-state index in [4.69, 9.17) is 0 Å². The van der Waals surface area contributed by atoms with E-state index in [9.17, 15) is 4.79 Å². The van der Waals surface area contributed by atoms with Crippen LogP contribution >= 0.6 is 0 Å². The molecule has 1 aliphatic rings. The van der Waals surface area contributed by atoms with Crippen LogP contribution in [0.2, 0.25) is 0 Å². The summed E-state index contributed by atoms with van der Waals surface area (Å²) in [7, 11) is 0. The summed E-state index contributed by atoms with van der Waals surface area (Å²) in [6, 6.07) is 0. The molecule has 0 saturated heterocycles. The molecular weight excluding hydrogens is 128 g/mol. The smallest absolute Gasteiger partial charge is 0.311 e. The van der Waals surface area contributed by atoms with Gasteiger partial charge in [0.1, 0.15) is 0 Å². The largest absolute Gasteiger partial charge is 0.435 e. The van der Waals surface area contributed by atoms with Gasteiger partial charge in [0.05, 0.1) is 12.7 Å². The van der Waals surface area contributed by atoms with Crippen molar-refractivity contribution in [2.75, 3.05) is 0 Å². The van der Waals surface area contributed by atoms with E-state index in [1.165, 1.54) is 6.26 Å². The summed E-state index contributed by atoms with van der Waals surface area (Å²) in [5.41, 5.74) is 0. The average molecular weight is 138 g/mol. The van der Waals surface area contributed by atoms with Crippen molar-refractivity contribution in [3.8, 4) is 0 Å². The second kappa shape index (κ2) is 3.20. The van der Waals surface area contributed by atoms with Crippen LogP contribution in [0.4, 0.5) is 0 Å². The highest BCUT2D eigenvalue weighted by molar-refractivity contribution is 5.71. The third kappa shape index (κ3) is 1.72. The summed E-state index contributed by atoms with van der Waals surface area (Å²) >= 11 is 0. The number of hydrogen-bond acceptors (Lipinski definition) is 2. The summed E-state index contributed by atoms with van der Waals surface area (Å²) < 4.78 is 4.60. The molecule has 0 N–H and O–H groups in total.